The third kappa shape index (κ3) is 2.74. The molecule has 0 saturated heterocycles. The summed E-state index contributed by atoms with van der Waals surface area (Å²) in [6, 6.07) is 8.75. The van der Waals surface area contributed by atoms with Crippen molar-refractivity contribution in [2.24, 2.45) is 0 Å². The number of benzene rings is 1. The van der Waals surface area contributed by atoms with Crippen molar-refractivity contribution in [2.75, 3.05) is 25.7 Å². The van der Waals surface area contributed by atoms with Gasteiger partial charge in [0.15, 0.2) is 0 Å². The Morgan fingerprint density at radius 1 is 1.21 bits per heavy atom. The summed E-state index contributed by atoms with van der Waals surface area (Å²) in [6.07, 6.45) is 0. The molecule has 14 heavy (non-hydrogen) atoms. The summed E-state index contributed by atoms with van der Waals surface area (Å²) in [7, 11) is 4.04. The van der Waals surface area contributed by atoms with E-state index in [1.807, 2.05) is 7.05 Å². The molecule has 0 aliphatic carbocycles. The molecule has 0 aliphatic heterocycles. The van der Waals surface area contributed by atoms with Gasteiger partial charge in [0.2, 0.25) is 0 Å². The number of hydrogen-bond donors (Lipinski definition) is 1. The molecule has 0 aromatic heterocycles. The molecular weight excluding hydrogens is 172 g/mol. The zero-order chi connectivity index (χ0) is 10.6. The number of hydrogen-bond acceptors (Lipinski definition) is 2. The molecule has 0 bridgehead atoms. The number of rotatable bonds is 4. The van der Waals surface area contributed by atoms with Gasteiger partial charge in [-0.05, 0) is 30.7 Å². The minimum absolute atomic E-state index is 0.610. The second kappa shape index (κ2) is 5.01. The van der Waals surface area contributed by atoms with E-state index in [2.05, 4.69) is 55.4 Å². The number of anilines is 1. The van der Waals surface area contributed by atoms with E-state index in [1.165, 1.54) is 11.3 Å². The first-order chi connectivity index (χ1) is 6.65. The molecule has 0 fully saturated rings. The van der Waals surface area contributed by atoms with Crippen molar-refractivity contribution < 1.29 is 0 Å². The van der Waals surface area contributed by atoms with Crippen molar-refractivity contribution in [3.05, 3.63) is 29.8 Å². The molecule has 0 atom stereocenters. The Hall–Kier alpha value is -1.02. The fourth-order valence-corrected chi connectivity index (χ4v) is 1.44. The number of nitrogens with zero attached hydrogens (tertiary/aromatic N) is 1. The summed E-state index contributed by atoms with van der Waals surface area (Å²) < 4.78 is 0. The van der Waals surface area contributed by atoms with E-state index in [0.717, 1.165) is 6.67 Å². The van der Waals surface area contributed by atoms with Gasteiger partial charge < -0.3 is 10.2 Å². The molecule has 1 aromatic rings. The van der Waals surface area contributed by atoms with Crippen LogP contribution < -0.4 is 10.2 Å². The summed E-state index contributed by atoms with van der Waals surface area (Å²) >= 11 is 0. The van der Waals surface area contributed by atoms with Gasteiger partial charge >= 0.3 is 0 Å². The highest BCUT2D eigenvalue weighted by Gasteiger charge is 2.01. The molecule has 1 aromatic carbocycles. The molecule has 1 rings (SSSR count). The summed E-state index contributed by atoms with van der Waals surface area (Å²) in [5.74, 6) is 0.610. The lowest BCUT2D eigenvalue weighted by atomic mass is 10.0. The van der Waals surface area contributed by atoms with E-state index in [-0.39, 0.29) is 0 Å². The van der Waals surface area contributed by atoms with Crippen LogP contribution in [-0.2, 0) is 0 Å². The van der Waals surface area contributed by atoms with Crippen LogP contribution >= 0.6 is 0 Å². The first kappa shape index (κ1) is 11.1. The van der Waals surface area contributed by atoms with Gasteiger partial charge in [0.25, 0.3) is 0 Å². The second-order valence-electron chi connectivity index (χ2n) is 3.96. The predicted molar refractivity (Wildman–Crippen MR) is 62.9 cm³/mol. The molecule has 1 N–H and O–H groups in total. The Morgan fingerprint density at radius 2 is 1.79 bits per heavy atom. The van der Waals surface area contributed by atoms with Gasteiger partial charge in [-0.1, -0.05) is 26.0 Å². The molecule has 0 saturated carbocycles. The summed E-state index contributed by atoms with van der Waals surface area (Å²) in [5.41, 5.74) is 2.65. The Labute approximate surface area is 86.9 Å². The fraction of sp³-hybridized carbons (Fsp3) is 0.500. The average Bonchev–Trinajstić information content (AvgIpc) is 2.18. The van der Waals surface area contributed by atoms with Crippen LogP contribution in [0, 0.1) is 0 Å². The van der Waals surface area contributed by atoms with E-state index >= 15 is 0 Å². The second-order valence-corrected chi connectivity index (χ2v) is 3.96. The van der Waals surface area contributed by atoms with Gasteiger partial charge in [-0.3, -0.25) is 0 Å². The summed E-state index contributed by atoms with van der Waals surface area (Å²) in [5, 5.41) is 3.13. The minimum atomic E-state index is 0.610. The molecule has 2 nitrogen and oxygen atoms in total. The number of nitrogens with one attached hydrogen (secondary N) is 1. The van der Waals surface area contributed by atoms with Gasteiger partial charge in [-0.25, -0.2) is 0 Å². The zero-order valence-electron chi connectivity index (χ0n) is 9.54. The molecule has 78 valence electrons. The van der Waals surface area contributed by atoms with Crippen LogP contribution in [0.2, 0.25) is 0 Å². The van der Waals surface area contributed by atoms with Gasteiger partial charge in [-0.15, -0.1) is 0 Å². The van der Waals surface area contributed by atoms with Crippen LogP contribution in [0.1, 0.15) is 25.3 Å². The molecular formula is C12H20N2. The molecule has 0 amide bonds. The Balaban J connectivity index is 2.72. The maximum atomic E-state index is 3.13. The molecule has 0 aliphatic rings. The highest BCUT2D eigenvalue weighted by atomic mass is 15.2. The van der Waals surface area contributed by atoms with Crippen LogP contribution in [-0.4, -0.2) is 20.8 Å². The van der Waals surface area contributed by atoms with Gasteiger partial charge in [0.05, 0.1) is 6.67 Å². The fourth-order valence-electron chi connectivity index (χ4n) is 1.44. The lowest BCUT2D eigenvalue weighted by Crippen LogP contribution is -2.28. The first-order valence-corrected chi connectivity index (χ1v) is 5.11. The zero-order valence-corrected chi connectivity index (χ0v) is 9.54. The Bertz CT molecular complexity index is 264. The topological polar surface area (TPSA) is 15.3 Å². The maximum Gasteiger partial charge on any atom is 0.0676 e. The largest absolute Gasteiger partial charge is 0.362 e. The van der Waals surface area contributed by atoms with Crippen LogP contribution in [0.25, 0.3) is 0 Å². The van der Waals surface area contributed by atoms with Crippen molar-refractivity contribution >= 4 is 5.69 Å². The monoisotopic (exact) mass is 192 g/mol. The van der Waals surface area contributed by atoms with E-state index in [4.69, 9.17) is 0 Å². The van der Waals surface area contributed by atoms with E-state index in [0.29, 0.717) is 5.92 Å². The SMILES string of the molecule is CNCN(C)c1ccc(C(C)C)cc1. The van der Waals surface area contributed by atoms with Gasteiger partial charge in [0.1, 0.15) is 0 Å². The van der Waals surface area contributed by atoms with Crippen molar-refractivity contribution in [1.29, 1.82) is 0 Å². The smallest absolute Gasteiger partial charge is 0.0676 e. The van der Waals surface area contributed by atoms with E-state index in [9.17, 15) is 0 Å². The predicted octanol–water partition coefficient (Wildman–Crippen LogP) is 2.42. The van der Waals surface area contributed by atoms with E-state index < -0.39 is 0 Å². The standard InChI is InChI=1S/C12H20N2/c1-10(2)11-5-7-12(8-6-11)14(4)9-13-3/h5-8,10,13H,9H2,1-4H3. The third-order valence-corrected chi connectivity index (χ3v) is 2.40. The van der Waals surface area contributed by atoms with Crippen LogP contribution in [0.15, 0.2) is 24.3 Å². The molecule has 0 radical (unpaired) electrons. The van der Waals surface area contributed by atoms with Crippen molar-refractivity contribution in [1.82, 2.24) is 5.32 Å². The average molecular weight is 192 g/mol. The van der Waals surface area contributed by atoms with Gasteiger partial charge in [-0.2, -0.15) is 0 Å². The lowest BCUT2D eigenvalue weighted by molar-refractivity contribution is 0.775. The quantitative estimate of drug-likeness (QED) is 0.737. The normalized spacial score (nSPS) is 10.6. The van der Waals surface area contributed by atoms with Crippen LogP contribution in [0.5, 0.6) is 0 Å². The molecule has 2 heteroatoms. The van der Waals surface area contributed by atoms with E-state index in [1.54, 1.807) is 0 Å². The van der Waals surface area contributed by atoms with Crippen molar-refractivity contribution in [3.63, 3.8) is 0 Å². The van der Waals surface area contributed by atoms with Crippen molar-refractivity contribution in [2.45, 2.75) is 19.8 Å². The highest BCUT2D eigenvalue weighted by Crippen LogP contribution is 2.18. The Kier molecular flexibility index (Phi) is 3.96. The van der Waals surface area contributed by atoms with Crippen LogP contribution in [0.4, 0.5) is 5.69 Å². The summed E-state index contributed by atoms with van der Waals surface area (Å²) in [4.78, 5) is 2.18. The lowest BCUT2D eigenvalue weighted by Gasteiger charge is -2.19. The van der Waals surface area contributed by atoms with Crippen LogP contribution in [0.3, 0.4) is 0 Å². The Morgan fingerprint density at radius 3 is 2.21 bits per heavy atom. The minimum Gasteiger partial charge on any atom is -0.362 e. The first-order valence-electron chi connectivity index (χ1n) is 5.11. The molecule has 0 unspecified atom stereocenters. The summed E-state index contributed by atoms with van der Waals surface area (Å²) in [6.45, 7) is 5.31. The van der Waals surface area contributed by atoms with Gasteiger partial charge in [0, 0.05) is 12.7 Å². The molecule has 0 heterocycles. The molecule has 0 spiro atoms. The highest BCUT2D eigenvalue weighted by molar-refractivity contribution is 5.47. The van der Waals surface area contributed by atoms with Crippen molar-refractivity contribution in [3.8, 4) is 0 Å². The third-order valence-electron chi connectivity index (χ3n) is 2.40. The maximum absolute atomic E-state index is 3.13.